The van der Waals surface area contributed by atoms with Gasteiger partial charge in [0.05, 0.1) is 17.0 Å². The molecule has 0 aliphatic rings. The summed E-state index contributed by atoms with van der Waals surface area (Å²) >= 11 is 7.12. The van der Waals surface area contributed by atoms with E-state index < -0.39 is 18.3 Å². The molecule has 0 amide bonds. The third-order valence-electron chi connectivity index (χ3n) is 4.02. The second-order valence-electron chi connectivity index (χ2n) is 6.38. The van der Waals surface area contributed by atoms with Crippen LogP contribution in [0.5, 0.6) is 5.75 Å². The summed E-state index contributed by atoms with van der Waals surface area (Å²) in [7, 11) is 1.92. The normalized spacial score (nSPS) is 12.1. The summed E-state index contributed by atoms with van der Waals surface area (Å²) in [6.07, 6.45) is -6.83. The zero-order chi connectivity index (χ0) is 21.8. The number of hydrogen-bond acceptors (Lipinski definition) is 3. The fraction of sp³-hybridized carbons (Fsp3) is 0.350. The predicted molar refractivity (Wildman–Crippen MR) is 110 cm³/mol. The van der Waals surface area contributed by atoms with Gasteiger partial charge in [0.25, 0.3) is 0 Å². The summed E-state index contributed by atoms with van der Waals surface area (Å²) in [5.74, 6) is -0.500. The lowest BCUT2D eigenvalue weighted by molar-refractivity contribution is -0.253. The van der Waals surface area contributed by atoms with Crippen LogP contribution in [0.15, 0.2) is 45.1 Å². The summed E-state index contributed by atoms with van der Waals surface area (Å²) in [4.78, 5) is 7.82. The highest BCUT2D eigenvalue weighted by atomic mass is 35.5. The van der Waals surface area contributed by atoms with Crippen molar-refractivity contribution in [1.82, 2.24) is 4.90 Å². The van der Waals surface area contributed by atoms with Crippen LogP contribution < -0.4 is 4.74 Å². The molecular weight excluding hydrogens is 428 g/mol. The van der Waals surface area contributed by atoms with Gasteiger partial charge < -0.3 is 9.64 Å². The van der Waals surface area contributed by atoms with Crippen molar-refractivity contribution in [3.63, 3.8) is 0 Å². The molecular formula is C20H21ClF4N2OS. The molecule has 0 radical (unpaired) electrons. The van der Waals surface area contributed by atoms with Crippen LogP contribution in [-0.2, 0) is 0 Å². The first-order chi connectivity index (χ1) is 13.5. The van der Waals surface area contributed by atoms with Gasteiger partial charge in [0, 0.05) is 23.4 Å². The second kappa shape index (κ2) is 9.71. The van der Waals surface area contributed by atoms with Crippen LogP contribution in [0.25, 0.3) is 0 Å². The lowest BCUT2D eigenvalue weighted by atomic mass is 10.1. The summed E-state index contributed by atoms with van der Waals surface area (Å²) in [6, 6.07) is 8.03. The minimum atomic E-state index is -4.62. The Kier molecular flexibility index (Phi) is 7.82. The molecule has 0 aliphatic carbocycles. The van der Waals surface area contributed by atoms with E-state index in [0.29, 0.717) is 4.90 Å². The highest BCUT2D eigenvalue weighted by Crippen LogP contribution is 2.39. The lowest BCUT2D eigenvalue weighted by Crippen LogP contribution is -2.33. The lowest BCUT2D eigenvalue weighted by Gasteiger charge is -2.18. The van der Waals surface area contributed by atoms with E-state index in [4.69, 9.17) is 11.6 Å². The van der Waals surface area contributed by atoms with Crippen LogP contribution in [0, 0.1) is 13.8 Å². The van der Waals surface area contributed by atoms with Gasteiger partial charge in [-0.1, -0.05) is 23.4 Å². The highest BCUT2D eigenvalue weighted by Gasteiger charge is 2.44. The monoisotopic (exact) mass is 448 g/mol. The molecule has 0 atom stereocenters. The topological polar surface area (TPSA) is 24.8 Å². The number of hydrogen-bond donors (Lipinski definition) is 0. The van der Waals surface area contributed by atoms with Crippen molar-refractivity contribution < 1.29 is 22.3 Å². The number of alkyl halides is 4. The van der Waals surface area contributed by atoms with E-state index in [1.165, 1.54) is 23.9 Å². The molecule has 0 bridgehead atoms. The van der Waals surface area contributed by atoms with Crippen molar-refractivity contribution in [1.29, 1.82) is 0 Å². The smallest absolute Gasteiger partial charge is 0.427 e. The number of halogens is 5. The first-order valence-corrected chi connectivity index (χ1v) is 9.91. The third-order valence-corrected chi connectivity index (χ3v) is 5.48. The SMILES string of the molecule is CCN(C)/C=N/c1cc(C)c(Sc2ccc(Cl)c(OC(F)(F)C(F)F)c2)cc1C. The Labute approximate surface area is 176 Å². The maximum absolute atomic E-state index is 13.2. The quantitative estimate of drug-likeness (QED) is 0.248. The van der Waals surface area contributed by atoms with E-state index in [1.54, 1.807) is 12.4 Å². The highest BCUT2D eigenvalue weighted by molar-refractivity contribution is 7.99. The zero-order valence-corrected chi connectivity index (χ0v) is 17.9. The van der Waals surface area contributed by atoms with Crippen molar-refractivity contribution in [2.45, 2.75) is 43.1 Å². The third kappa shape index (κ3) is 6.27. The van der Waals surface area contributed by atoms with Crippen molar-refractivity contribution in [3.8, 4) is 5.75 Å². The summed E-state index contributed by atoms with van der Waals surface area (Å²) in [5, 5.41) is -0.174. The first-order valence-electron chi connectivity index (χ1n) is 8.71. The number of ether oxygens (including phenoxy) is 1. The molecule has 2 rings (SSSR count). The molecule has 3 nitrogen and oxygen atoms in total. The minimum Gasteiger partial charge on any atom is -0.427 e. The molecule has 0 saturated heterocycles. The Hall–Kier alpha value is -1.93. The predicted octanol–water partition coefficient (Wildman–Crippen LogP) is 6.96. The van der Waals surface area contributed by atoms with Gasteiger partial charge in [-0.05, 0) is 62.2 Å². The molecule has 0 N–H and O–H groups in total. The zero-order valence-electron chi connectivity index (χ0n) is 16.3. The Morgan fingerprint density at radius 1 is 1.21 bits per heavy atom. The van der Waals surface area contributed by atoms with Crippen LogP contribution >= 0.6 is 23.4 Å². The van der Waals surface area contributed by atoms with Crippen LogP contribution in [0.1, 0.15) is 18.1 Å². The largest absolute Gasteiger partial charge is 0.461 e. The minimum absolute atomic E-state index is 0.174. The summed E-state index contributed by atoms with van der Waals surface area (Å²) < 4.78 is 55.4. The van der Waals surface area contributed by atoms with Crippen LogP contribution in [0.3, 0.4) is 0 Å². The molecule has 0 aliphatic heterocycles. The molecule has 158 valence electrons. The Morgan fingerprint density at radius 2 is 1.90 bits per heavy atom. The van der Waals surface area contributed by atoms with Gasteiger partial charge in [-0.3, -0.25) is 0 Å². The van der Waals surface area contributed by atoms with E-state index in [-0.39, 0.29) is 5.02 Å². The number of nitrogens with zero attached hydrogens (tertiary/aromatic N) is 2. The molecule has 2 aromatic rings. The fourth-order valence-electron chi connectivity index (χ4n) is 2.21. The van der Waals surface area contributed by atoms with Crippen molar-refractivity contribution in [2.24, 2.45) is 4.99 Å². The van der Waals surface area contributed by atoms with Gasteiger partial charge in [-0.25, -0.2) is 4.99 Å². The number of aryl methyl sites for hydroxylation is 2. The molecule has 0 spiro atoms. The molecule has 0 fully saturated rings. The first kappa shape index (κ1) is 23.3. The second-order valence-corrected chi connectivity index (χ2v) is 7.90. The Balaban J connectivity index is 2.27. The molecule has 0 aromatic heterocycles. The standard InChI is InChI=1S/C20H21ClF4N2OS/c1-5-27(4)11-26-16-8-13(3)18(9-12(16)2)29-14-6-7-15(21)17(10-14)28-20(24,25)19(22)23/h6-11,19H,5H2,1-4H3/b26-11+. The van der Waals surface area contributed by atoms with E-state index in [2.05, 4.69) is 9.73 Å². The van der Waals surface area contributed by atoms with Gasteiger partial charge in [0.1, 0.15) is 5.75 Å². The van der Waals surface area contributed by atoms with Crippen LogP contribution in [0.4, 0.5) is 23.2 Å². The van der Waals surface area contributed by atoms with Crippen molar-refractivity contribution in [3.05, 3.63) is 46.5 Å². The van der Waals surface area contributed by atoms with E-state index in [0.717, 1.165) is 28.3 Å². The molecule has 0 saturated carbocycles. The Morgan fingerprint density at radius 3 is 2.52 bits per heavy atom. The molecule has 9 heteroatoms. The van der Waals surface area contributed by atoms with Crippen molar-refractivity contribution in [2.75, 3.05) is 13.6 Å². The van der Waals surface area contributed by atoms with Crippen LogP contribution in [0.2, 0.25) is 5.02 Å². The fourth-order valence-corrected chi connectivity index (χ4v) is 3.38. The van der Waals surface area contributed by atoms with E-state index in [9.17, 15) is 17.6 Å². The number of rotatable bonds is 8. The van der Waals surface area contributed by atoms with E-state index in [1.807, 2.05) is 44.9 Å². The molecule has 0 heterocycles. The Bertz CT molecular complexity index is 893. The number of aliphatic imine (C=N–C) groups is 1. The van der Waals surface area contributed by atoms with E-state index >= 15 is 0 Å². The summed E-state index contributed by atoms with van der Waals surface area (Å²) in [6.45, 7) is 6.68. The average molecular weight is 449 g/mol. The molecule has 29 heavy (non-hydrogen) atoms. The van der Waals surface area contributed by atoms with Gasteiger partial charge in [0.2, 0.25) is 0 Å². The van der Waals surface area contributed by atoms with Crippen LogP contribution in [-0.4, -0.2) is 37.4 Å². The van der Waals surface area contributed by atoms with Gasteiger partial charge in [0.15, 0.2) is 0 Å². The summed E-state index contributed by atoms with van der Waals surface area (Å²) in [5.41, 5.74) is 2.69. The van der Waals surface area contributed by atoms with Crippen molar-refractivity contribution >= 4 is 35.4 Å². The maximum atomic E-state index is 13.2. The molecule has 0 unspecified atom stereocenters. The average Bonchev–Trinajstić information content (AvgIpc) is 2.65. The molecule has 2 aromatic carbocycles. The maximum Gasteiger partial charge on any atom is 0.461 e. The number of benzene rings is 2. The van der Waals surface area contributed by atoms with Gasteiger partial charge in [-0.15, -0.1) is 0 Å². The van der Waals surface area contributed by atoms with Gasteiger partial charge >= 0.3 is 12.5 Å². The van der Waals surface area contributed by atoms with Gasteiger partial charge in [-0.2, -0.15) is 17.6 Å².